The zero-order valence-corrected chi connectivity index (χ0v) is 9.76. The van der Waals surface area contributed by atoms with Crippen LogP contribution in [0, 0.1) is 11.8 Å². The molecule has 0 saturated heterocycles. The van der Waals surface area contributed by atoms with Gasteiger partial charge in [0.15, 0.2) is 0 Å². The molecular weight excluding hydrogens is 226 g/mol. The highest BCUT2D eigenvalue weighted by Gasteiger charge is 2.01. The number of hydrogen-bond acceptors (Lipinski definition) is 4. The van der Waals surface area contributed by atoms with Crippen molar-refractivity contribution in [3.63, 3.8) is 0 Å². The second kappa shape index (κ2) is 6.88. The molecule has 1 aromatic rings. The third-order valence-corrected chi connectivity index (χ3v) is 2.65. The standard InChI is InChI=1S/C11H13NO3S/c1-15-11(14)12-7-10-6-9(8-16-10)4-2-3-5-13/h6,8,13H,3,5,7H2,1H3,(H,12,14). The van der Waals surface area contributed by atoms with Crippen LogP contribution in [0.1, 0.15) is 16.9 Å². The Balaban J connectivity index is 2.46. The lowest BCUT2D eigenvalue weighted by atomic mass is 10.3. The minimum Gasteiger partial charge on any atom is -0.453 e. The highest BCUT2D eigenvalue weighted by Crippen LogP contribution is 2.13. The fourth-order valence-corrected chi connectivity index (χ4v) is 1.75. The Morgan fingerprint density at radius 2 is 2.50 bits per heavy atom. The third-order valence-electron chi connectivity index (χ3n) is 1.72. The second-order valence-corrected chi connectivity index (χ2v) is 3.92. The number of hydrogen-bond donors (Lipinski definition) is 2. The van der Waals surface area contributed by atoms with Crippen molar-refractivity contribution in [3.8, 4) is 11.8 Å². The Kier molecular flexibility index (Phi) is 5.40. The smallest absolute Gasteiger partial charge is 0.407 e. The molecule has 0 aliphatic carbocycles. The minimum absolute atomic E-state index is 0.0773. The molecule has 1 amide bonds. The van der Waals surface area contributed by atoms with Gasteiger partial charge in [-0.2, -0.15) is 0 Å². The molecule has 16 heavy (non-hydrogen) atoms. The van der Waals surface area contributed by atoms with E-state index in [1.165, 1.54) is 18.4 Å². The SMILES string of the molecule is COC(=O)NCc1cc(C#CCCO)cs1. The van der Waals surface area contributed by atoms with Crippen LogP contribution in [0.3, 0.4) is 0 Å². The van der Waals surface area contributed by atoms with Gasteiger partial charge in [-0.15, -0.1) is 11.3 Å². The molecule has 0 atom stereocenters. The number of alkyl carbamates (subject to hydrolysis) is 1. The summed E-state index contributed by atoms with van der Waals surface area (Å²) in [6, 6.07) is 1.91. The van der Waals surface area contributed by atoms with E-state index in [0.717, 1.165) is 10.4 Å². The Labute approximate surface area is 98.2 Å². The van der Waals surface area contributed by atoms with E-state index < -0.39 is 6.09 Å². The summed E-state index contributed by atoms with van der Waals surface area (Å²) < 4.78 is 4.46. The maximum Gasteiger partial charge on any atom is 0.407 e. The molecule has 1 rings (SSSR count). The minimum atomic E-state index is -0.443. The first kappa shape index (κ1) is 12.6. The Morgan fingerprint density at radius 1 is 1.69 bits per heavy atom. The molecule has 0 fully saturated rings. The van der Waals surface area contributed by atoms with Gasteiger partial charge in [0, 0.05) is 22.2 Å². The number of aliphatic hydroxyl groups excluding tert-OH is 1. The first-order chi connectivity index (χ1) is 7.76. The summed E-state index contributed by atoms with van der Waals surface area (Å²) in [5.74, 6) is 5.76. The molecule has 1 aromatic heterocycles. The molecule has 0 aliphatic heterocycles. The van der Waals surface area contributed by atoms with Crippen LogP contribution < -0.4 is 5.32 Å². The number of nitrogens with one attached hydrogen (secondary N) is 1. The third kappa shape index (κ3) is 4.34. The fourth-order valence-electron chi connectivity index (χ4n) is 0.991. The Morgan fingerprint density at radius 3 is 3.19 bits per heavy atom. The summed E-state index contributed by atoms with van der Waals surface area (Å²) >= 11 is 1.52. The van der Waals surface area contributed by atoms with E-state index in [4.69, 9.17) is 5.11 Å². The molecular formula is C11H13NO3S. The lowest BCUT2D eigenvalue weighted by molar-refractivity contribution is 0.170. The van der Waals surface area contributed by atoms with Crippen molar-refractivity contribution in [2.24, 2.45) is 0 Å². The monoisotopic (exact) mass is 239 g/mol. The van der Waals surface area contributed by atoms with Gasteiger partial charge in [0.2, 0.25) is 0 Å². The maximum atomic E-state index is 10.8. The summed E-state index contributed by atoms with van der Waals surface area (Å²) in [6.07, 6.45) is 0.0345. The normalized spacial score (nSPS) is 9.12. The van der Waals surface area contributed by atoms with Gasteiger partial charge in [0.05, 0.1) is 20.3 Å². The molecule has 0 unspecified atom stereocenters. The van der Waals surface area contributed by atoms with Gasteiger partial charge in [-0.25, -0.2) is 4.79 Å². The number of carbonyl (C=O) groups excluding carboxylic acids is 1. The average Bonchev–Trinajstić information content (AvgIpc) is 2.74. The van der Waals surface area contributed by atoms with Gasteiger partial charge in [-0.3, -0.25) is 0 Å². The molecule has 0 aliphatic rings. The van der Waals surface area contributed by atoms with Gasteiger partial charge in [-0.05, 0) is 6.07 Å². The van der Waals surface area contributed by atoms with E-state index in [0.29, 0.717) is 13.0 Å². The molecule has 0 aromatic carbocycles. The summed E-state index contributed by atoms with van der Waals surface area (Å²) in [6.45, 7) is 0.521. The van der Waals surface area contributed by atoms with Crippen molar-refractivity contribution in [3.05, 3.63) is 21.9 Å². The number of rotatable bonds is 3. The van der Waals surface area contributed by atoms with E-state index in [2.05, 4.69) is 21.9 Å². The van der Waals surface area contributed by atoms with Crippen LogP contribution in [0.2, 0.25) is 0 Å². The van der Waals surface area contributed by atoms with Crippen LogP contribution in [0.25, 0.3) is 0 Å². The largest absolute Gasteiger partial charge is 0.453 e. The van der Waals surface area contributed by atoms with E-state index >= 15 is 0 Å². The summed E-state index contributed by atoms with van der Waals surface area (Å²) in [5, 5.41) is 13.1. The molecule has 0 spiro atoms. The van der Waals surface area contributed by atoms with Crippen LogP contribution >= 0.6 is 11.3 Å². The zero-order valence-electron chi connectivity index (χ0n) is 8.95. The van der Waals surface area contributed by atoms with Crippen molar-refractivity contribution < 1.29 is 14.6 Å². The van der Waals surface area contributed by atoms with Crippen LogP contribution in [0.15, 0.2) is 11.4 Å². The van der Waals surface area contributed by atoms with E-state index in [9.17, 15) is 4.79 Å². The van der Waals surface area contributed by atoms with Gasteiger partial charge in [-0.1, -0.05) is 11.8 Å². The van der Waals surface area contributed by atoms with Crippen molar-refractivity contribution in [1.29, 1.82) is 0 Å². The highest BCUT2D eigenvalue weighted by molar-refractivity contribution is 7.10. The Bertz CT molecular complexity index is 403. The van der Waals surface area contributed by atoms with E-state index in [1.807, 2.05) is 11.4 Å². The summed E-state index contributed by atoms with van der Waals surface area (Å²) in [4.78, 5) is 11.8. The molecule has 0 radical (unpaired) electrons. The first-order valence-electron chi connectivity index (χ1n) is 4.75. The number of amides is 1. The molecule has 2 N–H and O–H groups in total. The summed E-state index contributed by atoms with van der Waals surface area (Å²) in [7, 11) is 1.33. The predicted molar refractivity (Wildman–Crippen MR) is 62.1 cm³/mol. The molecule has 0 bridgehead atoms. The Hall–Kier alpha value is -1.51. The average molecular weight is 239 g/mol. The van der Waals surface area contributed by atoms with E-state index in [1.54, 1.807) is 0 Å². The molecule has 5 heteroatoms. The summed E-state index contributed by atoms with van der Waals surface area (Å²) in [5.41, 5.74) is 0.903. The number of carbonyl (C=O) groups is 1. The second-order valence-electron chi connectivity index (χ2n) is 2.92. The van der Waals surface area contributed by atoms with Crippen molar-refractivity contribution in [1.82, 2.24) is 5.32 Å². The molecule has 1 heterocycles. The van der Waals surface area contributed by atoms with E-state index in [-0.39, 0.29) is 6.61 Å². The zero-order chi connectivity index (χ0) is 11.8. The first-order valence-corrected chi connectivity index (χ1v) is 5.63. The molecule has 0 saturated carbocycles. The molecule has 86 valence electrons. The van der Waals surface area contributed by atoms with Crippen molar-refractivity contribution in [2.45, 2.75) is 13.0 Å². The van der Waals surface area contributed by atoms with Gasteiger partial charge >= 0.3 is 6.09 Å². The topological polar surface area (TPSA) is 58.6 Å². The van der Waals surface area contributed by atoms with Gasteiger partial charge in [0.1, 0.15) is 0 Å². The van der Waals surface area contributed by atoms with Crippen molar-refractivity contribution in [2.75, 3.05) is 13.7 Å². The lowest BCUT2D eigenvalue weighted by Gasteiger charge is -1.99. The fraction of sp³-hybridized carbons (Fsp3) is 0.364. The lowest BCUT2D eigenvalue weighted by Crippen LogP contribution is -2.21. The number of thiophene rings is 1. The van der Waals surface area contributed by atoms with Crippen molar-refractivity contribution >= 4 is 17.4 Å². The number of methoxy groups -OCH3 is 1. The molecule has 4 nitrogen and oxygen atoms in total. The maximum absolute atomic E-state index is 10.8. The predicted octanol–water partition coefficient (Wildman–Crippen LogP) is 1.34. The highest BCUT2D eigenvalue weighted by atomic mass is 32.1. The van der Waals surface area contributed by atoms with Crippen LogP contribution in [-0.2, 0) is 11.3 Å². The number of aliphatic hydroxyl groups is 1. The number of ether oxygens (including phenoxy) is 1. The van der Waals surface area contributed by atoms with Gasteiger partial charge < -0.3 is 15.2 Å². The van der Waals surface area contributed by atoms with Crippen LogP contribution in [-0.4, -0.2) is 24.9 Å². The quantitative estimate of drug-likeness (QED) is 0.782. The van der Waals surface area contributed by atoms with Crippen LogP contribution in [0.4, 0.5) is 4.79 Å². The van der Waals surface area contributed by atoms with Crippen LogP contribution in [0.5, 0.6) is 0 Å². The van der Waals surface area contributed by atoms with Gasteiger partial charge in [0.25, 0.3) is 0 Å².